The number of allylic oxidation sites excluding steroid dienone is 1. The number of aliphatic hydroxyl groups is 1. The first kappa shape index (κ1) is 24.3. The van der Waals surface area contributed by atoms with Crippen molar-refractivity contribution in [2.24, 2.45) is 15.9 Å². The van der Waals surface area contributed by atoms with E-state index in [4.69, 9.17) is 21.3 Å². The average Bonchev–Trinajstić information content (AvgIpc) is 3.45. The molecule has 1 aliphatic carbocycles. The van der Waals surface area contributed by atoms with Crippen molar-refractivity contribution in [1.29, 1.82) is 0 Å². The van der Waals surface area contributed by atoms with E-state index >= 15 is 0 Å². The van der Waals surface area contributed by atoms with Crippen LogP contribution in [0.2, 0.25) is 0 Å². The quantitative estimate of drug-likeness (QED) is 0.466. The fourth-order valence-corrected chi connectivity index (χ4v) is 5.46. The molecule has 1 aliphatic heterocycles. The standard InChI is InChI=1S/C24H32ClN5O2S/c1-2-10-32-11-9-26-22-14-27-23(25)18(24-29-19-5-3-4-6-20(19)33-24)13-21(30-22)28-17-8-7-16(12-17)15-31/h3-6,13,16-17,21,28,31H,2,7-12,14-15H2,1H3,(H,26,30). The number of hydrogen-bond acceptors (Lipinski definition) is 7. The van der Waals surface area contributed by atoms with E-state index in [0.717, 1.165) is 58.9 Å². The molecule has 0 amide bonds. The molecule has 1 aromatic carbocycles. The molecule has 2 aromatic rings. The van der Waals surface area contributed by atoms with Gasteiger partial charge in [0.25, 0.3) is 0 Å². The summed E-state index contributed by atoms with van der Waals surface area (Å²) in [5.74, 6) is 1.14. The second-order valence-corrected chi connectivity index (χ2v) is 9.85. The molecule has 0 saturated heterocycles. The molecule has 7 nitrogen and oxygen atoms in total. The summed E-state index contributed by atoms with van der Waals surface area (Å²) in [6, 6.07) is 8.40. The van der Waals surface area contributed by atoms with Crippen LogP contribution in [0.3, 0.4) is 0 Å². The second-order valence-electron chi connectivity index (χ2n) is 8.46. The van der Waals surface area contributed by atoms with E-state index < -0.39 is 0 Å². The van der Waals surface area contributed by atoms with E-state index in [2.05, 4.69) is 39.7 Å². The predicted octanol–water partition coefficient (Wildman–Crippen LogP) is 3.82. The molecule has 0 spiro atoms. The number of nitrogens with zero attached hydrogens (tertiary/aromatic N) is 3. The highest BCUT2D eigenvalue weighted by atomic mass is 35.5. The third-order valence-corrected chi connectivity index (χ3v) is 7.26. The number of fused-ring (bicyclic) bond motifs is 1. The smallest absolute Gasteiger partial charge is 0.134 e. The fraction of sp³-hybridized carbons (Fsp3) is 0.542. The van der Waals surface area contributed by atoms with E-state index in [1.807, 2.05) is 18.2 Å². The van der Waals surface area contributed by atoms with E-state index in [0.29, 0.717) is 36.8 Å². The Morgan fingerprint density at radius 2 is 2.18 bits per heavy atom. The van der Waals surface area contributed by atoms with Crippen LogP contribution in [-0.4, -0.2) is 66.2 Å². The molecule has 4 rings (SSSR count). The molecule has 0 bridgehead atoms. The number of halogens is 1. The number of benzene rings is 1. The lowest BCUT2D eigenvalue weighted by atomic mass is 10.1. The van der Waals surface area contributed by atoms with Gasteiger partial charge in [0.2, 0.25) is 0 Å². The number of para-hydroxylation sites is 1. The highest BCUT2D eigenvalue weighted by Crippen LogP contribution is 2.30. The monoisotopic (exact) mass is 489 g/mol. The third-order valence-electron chi connectivity index (χ3n) is 5.87. The van der Waals surface area contributed by atoms with Crippen LogP contribution in [0.15, 0.2) is 40.3 Å². The van der Waals surface area contributed by atoms with Crippen LogP contribution in [0, 0.1) is 5.92 Å². The van der Waals surface area contributed by atoms with Crippen molar-refractivity contribution < 1.29 is 9.84 Å². The van der Waals surface area contributed by atoms with Crippen molar-refractivity contribution in [2.75, 3.05) is 32.9 Å². The van der Waals surface area contributed by atoms with Crippen LogP contribution in [0.1, 0.15) is 37.6 Å². The maximum Gasteiger partial charge on any atom is 0.134 e. The molecule has 3 atom stereocenters. The highest BCUT2D eigenvalue weighted by Gasteiger charge is 2.27. The Morgan fingerprint density at radius 3 is 2.97 bits per heavy atom. The van der Waals surface area contributed by atoms with Crippen molar-refractivity contribution in [3.8, 4) is 0 Å². The SMILES string of the molecule is CCCOCCN=C1CN=C(Cl)C(c2nc3ccccc3s2)=CC(NC2CCC(CO)C2)N1. The first-order chi connectivity index (χ1) is 16.2. The Balaban J connectivity index is 1.57. The van der Waals surface area contributed by atoms with Gasteiger partial charge in [0, 0.05) is 24.8 Å². The summed E-state index contributed by atoms with van der Waals surface area (Å²) >= 11 is 8.31. The number of rotatable bonds is 9. The van der Waals surface area contributed by atoms with E-state index in [1.54, 1.807) is 11.3 Å². The van der Waals surface area contributed by atoms with Gasteiger partial charge in [-0.1, -0.05) is 30.7 Å². The van der Waals surface area contributed by atoms with Gasteiger partial charge in [0.05, 0.1) is 36.1 Å². The number of nitrogens with one attached hydrogen (secondary N) is 2. The van der Waals surface area contributed by atoms with Crippen molar-refractivity contribution in [1.82, 2.24) is 15.6 Å². The summed E-state index contributed by atoms with van der Waals surface area (Å²) in [4.78, 5) is 14.1. The Kier molecular flexibility index (Phi) is 8.86. The van der Waals surface area contributed by atoms with Crippen LogP contribution in [-0.2, 0) is 4.74 Å². The topological polar surface area (TPSA) is 91.1 Å². The summed E-state index contributed by atoms with van der Waals surface area (Å²) in [6.07, 6.45) is 5.92. The van der Waals surface area contributed by atoms with Gasteiger partial charge < -0.3 is 15.2 Å². The zero-order chi connectivity index (χ0) is 23.0. The van der Waals surface area contributed by atoms with Gasteiger partial charge in [-0.25, -0.2) is 4.98 Å². The molecule has 1 saturated carbocycles. The van der Waals surface area contributed by atoms with Crippen LogP contribution in [0.25, 0.3) is 15.8 Å². The summed E-state index contributed by atoms with van der Waals surface area (Å²) in [7, 11) is 0. The number of hydrogen-bond donors (Lipinski definition) is 3. The lowest BCUT2D eigenvalue weighted by Crippen LogP contribution is -2.49. The molecular formula is C24H32ClN5O2S. The van der Waals surface area contributed by atoms with Gasteiger partial charge in [-0.2, -0.15) is 0 Å². The van der Waals surface area contributed by atoms with E-state index in [-0.39, 0.29) is 12.8 Å². The Bertz CT molecular complexity index is 988. The molecular weight excluding hydrogens is 458 g/mol. The summed E-state index contributed by atoms with van der Waals surface area (Å²) in [5, 5.41) is 18.0. The zero-order valence-electron chi connectivity index (χ0n) is 19.0. The fourth-order valence-electron chi connectivity index (χ4n) is 4.20. The maximum absolute atomic E-state index is 9.54. The third kappa shape index (κ3) is 6.61. The number of aliphatic hydroxyl groups excluding tert-OH is 1. The molecule has 2 aliphatic rings. The lowest BCUT2D eigenvalue weighted by molar-refractivity contribution is 0.142. The molecule has 0 radical (unpaired) electrons. The van der Waals surface area contributed by atoms with Crippen LogP contribution in [0.4, 0.5) is 0 Å². The molecule has 2 heterocycles. The van der Waals surface area contributed by atoms with Crippen molar-refractivity contribution in [3.05, 3.63) is 35.3 Å². The minimum absolute atomic E-state index is 0.172. The molecule has 1 aromatic heterocycles. The molecule has 9 heteroatoms. The Hall–Kier alpha value is -1.84. The van der Waals surface area contributed by atoms with E-state index in [9.17, 15) is 5.11 Å². The average molecular weight is 490 g/mol. The van der Waals surface area contributed by atoms with Gasteiger partial charge in [0.15, 0.2) is 0 Å². The summed E-state index contributed by atoms with van der Waals surface area (Å²) in [6.45, 7) is 4.61. The number of aliphatic imine (C=N–C) groups is 2. The minimum Gasteiger partial charge on any atom is -0.396 e. The summed E-state index contributed by atoms with van der Waals surface area (Å²) in [5.41, 5.74) is 1.78. The first-order valence-electron chi connectivity index (χ1n) is 11.7. The summed E-state index contributed by atoms with van der Waals surface area (Å²) < 4.78 is 6.68. The Labute approximate surface area is 204 Å². The predicted molar refractivity (Wildman–Crippen MR) is 137 cm³/mol. The molecule has 3 N–H and O–H groups in total. The van der Waals surface area contributed by atoms with Gasteiger partial charge in [-0.15, -0.1) is 11.3 Å². The van der Waals surface area contributed by atoms with Gasteiger partial charge >= 0.3 is 0 Å². The van der Waals surface area contributed by atoms with Gasteiger partial charge in [-0.3, -0.25) is 15.3 Å². The highest BCUT2D eigenvalue weighted by molar-refractivity contribution is 7.20. The van der Waals surface area contributed by atoms with Crippen molar-refractivity contribution in [3.63, 3.8) is 0 Å². The lowest BCUT2D eigenvalue weighted by Gasteiger charge is -2.25. The number of amidine groups is 1. The van der Waals surface area contributed by atoms with Crippen molar-refractivity contribution >= 4 is 49.7 Å². The second kappa shape index (κ2) is 12.0. The molecule has 3 unspecified atom stereocenters. The van der Waals surface area contributed by atoms with E-state index in [1.165, 1.54) is 0 Å². The minimum atomic E-state index is -0.172. The number of ether oxygens (including phenoxy) is 1. The largest absolute Gasteiger partial charge is 0.396 e. The van der Waals surface area contributed by atoms with Crippen LogP contribution in [0.5, 0.6) is 0 Å². The number of thiazole rings is 1. The van der Waals surface area contributed by atoms with Crippen molar-refractivity contribution in [2.45, 2.75) is 44.8 Å². The Morgan fingerprint density at radius 1 is 1.30 bits per heavy atom. The normalized spacial score (nSPS) is 24.9. The zero-order valence-corrected chi connectivity index (χ0v) is 20.5. The maximum atomic E-state index is 9.54. The van der Waals surface area contributed by atoms with Crippen LogP contribution >= 0.6 is 22.9 Å². The van der Waals surface area contributed by atoms with Gasteiger partial charge in [-0.05, 0) is 49.8 Å². The van der Waals surface area contributed by atoms with Gasteiger partial charge in [0.1, 0.15) is 16.0 Å². The number of aromatic nitrogens is 1. The molecule has 1 fully saturated rings. The first-order valence-corrected chi connectivity index (χ1v) is 12.9. The molecule has 33 heavy (non-hydrogen) atoms. The molecule has 178 valence electrons. The van der Waals surface area contributed by atoms with Crippen LogP contribution < -0.4 is 10.6 Å².